The van der Waals surface area contributed by atoms with Crippen LogP contribution in [0.3, 0.4) is 0 Å². The molecule has 0 aliphatic heterocycles. The summed E-state index contributed by atoms with van der Waals surface area (Å²) in [6, 6.07) is 17.1. The molecule has 122 valence electrons. The van der Waals surface area contributed by atoms with Gasteiger partial charge in [0, 0.05) is 16.9 Å². The van der Waals surface area contributed by atoms with Crippen LogP contribution in [0.5, 0.6) is 0 Å². The van der Waals surface area contributed by atoms with E-state index in [9.17, 15) is 9.90 Å². The number of ether oxygens (including phenoxy) is 1. The number of hydrogen-bond donors (Lipinski definition) is 2. The van der Waals surface area contributed by atoms with Gasteiger partial charge < -0.3 is 15.2 Å². The SMILES string of the molecule is CCOC(=O)NCC(c1ccc(Br)cc1)C(O)c1ccccc1. The van der Waals surface area contributed by atoms with Crippen LogP contribution in [0.15, 0.2) is 59.1 Å². The summed E-state index contributed by atoms with van der Waals surface area (Å²) in [6.07, 6.45) is -1.20. The Bertz CT molecular complexity index is 616. The van der Waals surface area contributed by atoms with Crippen molar-refractivity contribution in [2.24, 2.45) is 0 Å². The Labute approximate surface area is 144 Å². The summed E-state index contributed by atoms with van der Waals surface area (Å²) < 4.78 is 5.86. The minimum absolute atomic E-state index is 0.269. The first-order valence-electron chi connectivity index (χ1n) is 7.51. The van der Waals surface area contributed by atoms with Crippen molar-refractivity contribution in [1.29, 1.82) is 0 Å². The molecule has 0 aliphatic carbocycles. The topological polar surface area (TPSA) is 58.6 Å². The summed E-state index contributed by atoms with van der Waals surface area (Å²) in [4.78, 5) is 11.6. The molecule has 4 nitrogen and oxygen atoms in total. The first kappa shape index (κ1) is 17.5. The van der Waals surface area contributed by atoms with Gasteiger partial charge in [-0.3, -0.25) is 0 Å². The van der Waals surface area contributed by atoms with E-state index in [0.29, 0.717) is 6.61 Å². The van der Waals surface area contributed by atoms with Gasteiger partial charge in [0.1, 0.15) is 0 Å². The maximum atomic E-state index is 11.6. The summed E-state index contributed by atoms with van der Waals surface area (Å²) in [5.74, 6) is -0.269. The molecule has 0 saturated carbocycles. The lowest BCUT2D eigenvalue weighted by Gasteiger charge is -2.24. The minimum Gasteiger partial charge on any atom is -0.450 e. The van der Waals surface area contributed by atoms with Crippen LogP contribution >= 0.6 is 15.9 Å². The van der Waals surface area contributed by atoms with Crippen molar-refractivity contribution in [3.05, 3.63) is 70.2 Å². The summed E-state index contributed by atoms with van der Waals surface area (Å²) >= 11 is 3.41. The molecule has 2 aromatic carbocycles. The number of carbonyl (C=O) groups excluding carboxylic acids is 1. The summed E-state index contributed by atoms with van der Waals surface area (Å²) in [5, 5.41) is 13.5. The molecule has 0 fully saturated rings. The van der Waals surface area contributed by atoms with Crippen molar-refractivity contribution < 1.29 is 14.6 Å². The fourth-order valence-electron chi connectivity index (χ4n) is 2.38. The summed E-state index contributed by atoms with van der Waals surface area (Å²) in [6.45, 7) is 2.36. The van der Waals surface area contributed by atoms with Crippen molar-refractivity contribution in [3.8, 4) is 0 Å². The average Bonchev–Trinajstić information content (AvgIpc) is 2.57. The highest BCUT2D eigenvalue weighted by Crippen LogP contribution is 2.31. The lowest BCUT2D eigenvalue weighted by molar-refractivity contribution is 0.131. The van der Waals surface area contributed by atoms with Crippen molar-refractivity contribution in [2.45, 2.75) is 18.9 Å². The number of carbonyl (C=O) groups is 1. The summed E-state index contributed by atoms with van der Waals surface area (Å²) in [5.41, 5.74) is 1.76. The van der Waals surface area contributed by atoms with E-state index in [2.05, 4.69) is 21.2 Å². The van der Waals surface area contributed by atoms with Gasteiger partial charge in [-0.2, -0.15) is 0 Å². The van der Waals surface area contributed by atoms with E-state index in [0.717, 1.165) is 15.6 Å². The molecule has 0 heterocycles. The fourth-order valence-corrected chi connectivity index (χ4v) is 2.64. The third kappa shape index (κ3) is 5.08. The second-order valence-corrected chi connectivity index (χ2v) is 6.03. The van der Waals surface area contributed by atoms with Gasteiger partial charge in [-0.05, 0) is 30.2 Å². The van der Waals surface area contributed by atoms with Crippen LogP contribution in [-0.4, -0.2) is 24.4 Å². The molecule has 2 aromatic rings. The number of aliphatic hydroxyl groups is 1. The molecule has 0 bridgehead atoms. The number of rotatable bonds is 6. The van der Waals surface area contributed by atoms with Crippen LogP contribution < -0.4 is 5.32 Å². The van der Waals surface area contributed by atoms with E-state index in [1.54, 1.807) is 6.92 Å². The molecule has 5 heteroatoms. The standard InChI is InChI=1S/C18H20BrNO3/c1-2-23-18(22)20-12-16(13-8-10-15(19)11-9-13)17(21)14-6-4-3-5-7-14/h3-11,16-17,21H,2,12H2,1H3,(H,20,22). The summed E-state index contributed by atoms with van der Waals surface area (Å²) in [7, 11) is 0. The van der Waals surface area contributed by atoms with Gasteiger partial charge >= 0.3 is 6.09 Å². The van der Waals surface area contributed by atoms with E-state index in [4.69, 9.17) is 4.74 Å². The van der Waals surface area contributed by atoms with E-state index >= 15 is 0 Å². The van der Waals surface area contributed by atoms with Gasteiger partial charge in [0.25, 0.3) is 0 Å². The molecule has 2 unspecified atom stereocenters. The molecule has 2 rings (SSSR count). The van der Waals surface area contributed by atoms with Crippen LogP contribution in [0, 0.1) is 0 Å². The number of hydrogen-bond acceptors (Lipinski definition) is 3. The van der Waals surface area contributed by atoms with Gasteiger partial charge in [0.15, 0.2) is 0 Å². The number of aliphatic hydroxyl groups excluding tert-OH is 1. The Morgan fingerprint density at radius 1 is 1.13 bits per heavy atom. The Morgan fingerprint density at radius 2 is 1.78 bits per heavy atom. The highest BCUT2D eigenvalue weighted by Gasteiger charge is 2.23. The maximum absolute atomic E-state index is 11.6. The highest BCUT2D eigenvalue weighted by atomic mass is 79.9. The zero-order valence-electron chi connectivity index (χ0n) is 12.9. The van der Waals surface area contributed by atoms with Crippen LogP contribution in [0.4, 0.5) is 4.79 Å². The smallest absolute Gasteiger partial charge is 0.407 e. The number of halogens is 1. The van der Waals surface area contributed by atoms with Gasteiger partial charge in [0.2, 0.25) is 0 Å². The maximum Gasteiger partial charge on any atom is 0.407 e. The Balaban J connectivity index is 2.20. The second-order valence-electron chi connectivity index (χ2n) is 5.11. The molecule has 0 radical (unpaired) electrons. The normalized spacial score (nSPS) is 13.2. The molecule has 0 aliphatic rings. The molecule has 2 N–H and O–H groups in total. The first-order valence-corrected chi connectivity index (χ1v) is 8.30. The van der Waals surface area contributed by atoms with Gasteiger partial charge in [-0.25, -0.2) is 4.79 Å². The van der Waals surface area contributed by atoms with Crippen molar-refractivity contribution in [3.63, 3.8) is 0 Å². The van der Waals surface area contributed by atoms with E-state index in [1.807, 2.05) is 54.6 Å². The molecular formula is C18H20BrNO3. The van der Waals surface area contributed by atoms with E-state index < -0.39 is 12.2 Å². The molecular weight excluding hydrogens is 358 g/mol. The van der Waals surface area contributed by atoms with Crippen LogP contribution in [0.25, 0.3) is 0 Å². The third-order valence-corrected chi connectivity index (χ3v) is 4.09. The van der Waals surface area contributed by atoms with Crippen molar-refractivity contribution in [1.82, 2.24) is 5.32 Å². The molecule has 23 heavy (non-hydrogen) atoms. The third-order valence-electron chi connectivity index (χ3n) is 3.56. The lowest BCUT2D eigenvalue weighted by atomic mass is 9.89. The van der Waals surface area contributed by atoms with Crippen LogP contribution in [0.2, 0.25) is 0 Å². The zero-order valence-corrected chi connectivity index (χ0v) is 14.5. The average molecular weight is 378 g/mol. The van der Waals surface area contributed by atoms with Gasteiger partial charge in [-0.1, -0.05) is 58.4 Å². The fraction of sp³-hybridized carbons (Fsp3) is 0.278. The number of amides is 1. The first-order chi connectivity index (χ1) is 11.1. The second kappa shape index (κ2) is 8.70. The molecule has 0 saturated heterocycles. The van der Waals surface area contributed by atoms with Crippen LogP contribution in [0.1, 0.15) is 30.1 Å². The number of nitrogens with one attached hydrogen (secondary N) is 1. The largest absolute Gasteiger partial charge is 0.450 e. The Hall–Kier alpha value is -1.85. The lowest BCUT2D eigenvalue weighted by Crippen LogP contribution is -2.31. The monoisotopic (exact) mass is 377 g/mol. The van der Waals surface area contributed by atoms with Gasteiger partial charge in [0.05, 0.1) is 12.7 Å². The highest BCUT2D eigenvalue weighted by molar-refractivity contribution is 9.10. The number of alkyl carbamates (subject to hydrolysis) is 1. The molecule has 0 aromatic heterocycles. The Kier molecular flexibility index (Phi) is 6.62. The predicted octanol–water partition coefficient (Wildman–Crippen LogP) is 4.01. The minimum atomic E-state index is -0.723. The van der Waals surface area contributed by atoms with Crippen molar-refractivity contribution >= 4 is 22.0 Å². The van der Waals surface area contributed by atoms with Crippen LogP contribution in [-0.2, 0) is 4.74 Å². The molecule has 0 spiro atoms. The number of benzene rings is 2. The van der Waals surface area contributed by atoms with Crippen molar-refractivity contribution in [2.75, 3.05) is 13.2 Å². The zero-order chi connectivity index (χ0) is 16.7. The van der Waals surface area contributed by atoms with E-state index in [1.165, 1.54) is 0 Å². The molecule has 2 atom stereocenters. The van der Waals surface area contributed by atoms with Gasteiger partial charge in [-0.15, -0.1) is 0 Å². The Morgan fingerprint density at radius 3 is 2.39 bits per heavy atom. The van der Waals surface area contributed by atoms with E-state index in [-0.39, 0.29) is 12.5 Å². The predicted molar refractivity (Wildman–Crippen MR) is 93.3 cm³/mol. The molecule has 1 amide bonds. The quantitative estimate of drug-likeness (QED) is 0.799.